The Bertz CT molecular complexity index is 2570. The average Bonchev–Trinajstić information content (AvgIpc) is 3.37. The Labute approximate surface area is 375 Å². The van der Waals surface area contributed by atoms with Gasteiger partial charge in [0.2, 0.25) is 0 Å². The van der Waals surface area contributed by atoms with Crippen LogP contribution in [0.1, 0.15) is 0 Å². The zero-order valence-electron chi connectivity index (χ0n) is 35.9. The minimum absolute atomic E-state index is 0.774. The van der Waals surface area contributed by atoms with Gasteiger partial charge in [-0.05, 0) is 115 Å². The lowest BCUT2D eigenvalue weighted by molar-refractivity contribution is -0.681. The SMILES string of the molecule is COc1cccc(N(c2c#cccc2)c2ccc([NH+](c3ccc(N(c4ccccc4)c4cccc(OC)c4)cc3)c3ccc(N(c4ccccc4)c4cccc(OC)c4)cc3)cc2)c1. The Morgan fingerprint density at radius 3 is 1.03 bits per heavy atom. The van der Waals surface area contributed by atoms with Crippen molar-refractivity contribution in [1.29, 1.82) is 0 Å². The molecule has 0 unspecified atom stereocenters. The van der Waals surface area contributed by atoms with Gasteiger partial charge in [0.1, 0.15) is 34.3 Å². The highest BCUT2D eigenvalue weighted by atomic mass is 16.5. The quantitative estimate of drug-likeness (QED) is 0.111. The minimum Gasteiger partial charge on any atom is -0.497 e. The van der Waals surface area contributed by atoms with Crippen molar-refractivity contribution in [2.24, 2.45) is 0 Å². The van der Waals surface area contributed by atoms with Crippen molar-refractivity contribution < 1.29 is 19.1 Å². The average molecular weight is 836 g/mol. The van der Waals surface area contributed by atoms with Crippen LogP contribution in [0.15, 0.2) is 224 Å². The molecule has 0 saturated carbocycles. The lowest BCUT2D eigenvalue weighted by atomic mass is 10.1. The third-order valence-electron chi connectivity index (χ3n) is 11.1. The molecule has 7 nitrogen and oxygen atoms in total. The first kappa shape index (κ1) is 40.9. The van der Waals surface area contributed by atoms with Gasteiger partial charge in [-0.2, -0.15) is 0 Å². The lowest BCUT2D eigenvalue weighted by Crippen LogP contribution is -2.96. The van der Waals surface area contributed by atoms with Crippen molar-refractivity contribution in [3.8, 4) is 17.2 Å². The van der Waals surface area contributed by atoms with E-state index in [0.29, 0.717) is 0 Å². The number of hydrogen-bond acceptors (Lipinski definition) is 6. The van der Waals surface area contributed by atoms with Crippen molar-refractivity contribution in [3.63, 3.8) is 0 Å². The molecule has 0 aliphatic carbocycles. The molecule has 0 bridgehead atoms. The second-order valence-electron chi connectivity index (χ2n) is 15.0. The third-order valence-corrected chi connectivity index (χ3v) is 11.1. The zero-order valence-corrected chi connectivity index (χ0v) is 35.9. The number of hydrogen-bond donors (Lipinski definition) is 1. The molecular formula is C57H47N4O3+. The molecule has 9 aromatic rings. The molecule has 0 heterocycles. The summed E-state index contributed by atoms with van der Waals surface area (Å²) in [6.45, 7) is 0. The summed E-state index contributed by atoms with van der Waals surface area (Å²) in [7, 11) is 5.09. The maximum atomic E-state index is 5.64. The normalized spacial score (nSPS) is 10.8. The molecule has 0 aromatic heterocycles. The fraction of sp³-hybridized carbons (Fsp3) is 0.0526. The molecule has 0 aliphatic rings. The van der Waals surface area contributed by atoms with E-state index in [0.717, 1.165) is 90.4 Å². The smallest absolute Gasteiger partial charge is 0.141 e. The number of methoxy groups -OCH3 is 3. The van der Waals surface area contributed by atoms with Crippen LogP contribution < -0.4 is 33.8 Å². The number of para-hydroxylation sites is 2. The van der Waals surface area contributed by atoms with E-state index < -0.39 is 0 Å². The number of anilines is 9. The van der Waals surface area contributed by atoms with Crippen LogP contribution in [0.25, 0.3) is 0 Å². The Balaban J connectivity index is 1.14. The predicted molar refractivity (Wildman–Crippen MR) is 261 cm³/mol. The summed E-state index contributed by atoms with van der Waals surface area (Å²) < 4.78 is 16.9. The van der Waals surface area contributed by atoms with Crippen LogP contribution in [0.5, 0.6) is 17.2 Å². The number of benzene rings is 8. The second-order valence-corrected chi connectivity index (χ2v) is 15.0. The van der Waals surface area contributed by atoms with Crippen molar-refractivity contribution in [3.05, 3.63) is 237 Å². The van der Waals surface area contributed by atoms with Crippen LogP contribution in [0.2, 0.25) is 0 Å². The molecule has 0 radical (unpaired) electrons. The summed E-state index contributed by atoms with van der Waals surface area (Å²) in [6.07, 6.45) is 0. The third kappa shape index (κ3) is 8.81. The van der Waals surface area contributed by atoms with Gasteiger partial charge in [0.25, 0.3) is 0 Å². The van der Waals surface area contributed by atoms with E-state index in [1.165, 1.54) is 0 Å². The molecule has 7 heteroatoms. The maximum absolute atomic E-state index is 5.64. The highest BCUT2D eigenvalue weighted by Crippen LogP contribution is 2.40. The standard InChI is InChI=1S/C57H46N4O3/c1-62-55-25-13-22-52(40-55)59(43-16-7-4-8-17-43)49-34-28-46(29-35-49)58(47-30-36-50(37-31-47)60(44-18-9-5-10-19-44)53-23-14-26-56(41-53)63-2)48-32-38-51(39-33-48)61(45-20-11-6-12-21-45)54-24-15-27-57(42-54)64-3/h4-11,13-20,22-42H,1-3H3/p+1. The van der Waals surface area contributed by atoms with Gasteiger partial charge in [0, 0.05) is 94.4 Å². The van der Waals surface area contributed by atoms with Crippen LogP contribution in [-0.4, -0.2) is 21.3 Å². The number of ether oxygens (including phenoxy) is 3. The molecule has 64 heavy (non-hydrogen) atoms. The van der Waals surface area contributed by atoms with Crippen molar-refractivity contribution in [2.45, 2.75) is 0 Å². The van der Waals surface area contributed by atoms with Gasteiger partial charge >= 0.3 is 0 Å². The number of rotatable bonds is 15. The molecule has 312 valence electrons. The summed E-state index contributed by atoms with van der Waals surface area (Å²) in [6, 6.07) is 83.9. The van der Waals surface area contributed by atoms with E-state index >= 15 is 0 Å². The summed E-state index contributed by atoms with van der Waals surface area (Å²) >= 11 is 0. The van der Waals surface area contributed by atoms with Gasteiger partial charge in [-0.25, -0.2) is 4.90 Å². The van der Waals surface area contributed by atoms with Crippen LogP contribution in [0.4, 0.5) is 68.2 Å². The summed E-state index contributed by atoms with van der Waals surface area (Å²) in [5.41, 5.74) is 12.2. The highest BCUT2D eigenvalue weighted by Gasteiger charge is 2.23. The molecule has 0 amide bonds. The fourth-order valence-electron chi connectivity index (χ4n) is 8.03. The Kier molecular flexibility index (Phi) is 12.2. The molecule has 0 saturated heterocycles. The Morgan fingerprint density at radius 1 is 0.328 bits per heavy atom. The van der Waals surface area contributed by atoms with Crippen LogP contribution in [0, 0.1) is 12.1 Å². The van der Waals surface area contributed by atoms with Gasteiger partial charge in [-0.1, -0.05) is 66.7 Å². The van der Waals surface area contributed by atoms with Crippen LogP contribution in [0.3, 0.4) is 0 Å². The largest absolute Gasteiger partial charge is 0.497 e. The highest BCUT2D eigenvalue weighted by molar-refractivity contribution is 5.80. The molecule has 9 aromatic carbocycles. The van der Waals surface area contributed by atoms with Crippen LogP contribution >= 0.6 is 0 Å². The van der Waals surface area contributed by atoms with Gasteiger partial charge in [0.05, 0.1) is 32.7 Å². The van der Waals surface area contributed by atoms with E-state index in [1.54, 1.807) is 21.3 Å². The van der Waals surface area contributed by atoms with E-state index in [4.69, 9.17) is 14.2 Å². The maximum Gasteiger partial charge on any atom is 0.141 e. The number of quaternary nitrogens is 1. The molecule has 0 spiro atoms. The minimum atomic E-state index is 0.774. The van der Waals surface area contributed by atoms with Crippen molar-refractivity contribution in [1.82, 2.24) is 0 Å². The first-order chi connectivity index (χ1) is 31.6. The van der Waals surface area contributed by atoms with Gasteiger partial charge in [0.15, 0.2) is 0 Å². The molecule has 0 aliphatic heterocycles. The van der Waals surface area contributed by atoms with E-state index in [-0.39, 0.29) is 0 Å². The van der Waals surface area contributed by atoms with Crippen molar-refractivity contribution in [2.75, 3.05) is 36.0 Å². The van der Waals surface area contributed by atoms with E-state index in [9.17, 15) is 0 Å². The summed E-state index contributed by atoms with van der Waals surface area (Å²) in [4.78, 5) is 7.76. The predicted octanol–water partition coefficient (Wildman–Crippen LogP) is 13.9. The topological polar surface area (TPSA) is 41.8 Å². The fourth-order valence-corrected chi connectivity index (χ4v) is 8.03. The monoisotopic (exact) mass is 835 g/mol. The van der Waals surface area contributed by atoms with Gasteiger partial charge < -0.3 is 28.9 Å². The summed E-state index contributed by atoms with van der Waals surface area (Å²) in [5, 5.41) is 0. The van der Waals surface area contributed by atoms with Gasteiger partial charge in [-0.3, -0.25) is 0 Å². The molecule has 0 atom stereocenters. The zero-order chi connectivity index (χ0) is 43.7. The second kappa shape index (κ2) is 19.1. The Hall–Kier alpha value is -8.44. The molecule has 0 fully saturated rings. The van der Waals surface area contributed by atoms with Gasteiger partial charge in [-0.15, -0.1) is 0 Å². The van der Waals surface area contributed by atoms with E-state index in [2.05, 4.69) is 178 Å². The number of nitrogens with zero attached hydrogens (tertiary/aromatic N) is 3. The molecular weight excluding hydrogens is 789 g/mol. The first-order valence-corrected chi connectivity index (χ1v) is 21.1. The molecule has 1 N–H and O–H groups in total. The first-order valence-electron chi connectivity index (χ1n) is 21.1. The lowest BCUT2D eigenvalue weighted by Gasteiger charge is -2.27. The number of nitrogens with one attached hydrogen (secondary N) is 1. The molecule has 9 rings (SSSR count). The van der Waals surface area contributed by atoms with Crippen molar-refractivity contribution >= 4 is 68.2 Å². The summed E-state index contributed by atoms with van der Waals surface area (Å²) in [5.74, 6) is 2.36. The van der Waals surface area contributed by atoms with Crippen LogP contribution in [-0.2, 0) is 0 Å². The van der Waals surface area contributed by atoms with E-state index in [1.807, 2.05) is 72.8 Å². The Morgan fingerprint density at radius 2 is 0.672 bits per heavy atom.